The van der Waals surface area contributed by atoms with E-state index in [1.54, 1.807) is 0 Å². The van der Waals surface area contributed by atoms with Crippen LogP contribution in [0.25, 0.3) is 10.9 Å². The summed E-state index contributed by atoms with van der Waals surface area (Å²) in [6.45, 7) is 4.11. The molecule has 0 aliphatic carbocycles. The maximum Gasteiger partial charge on any atom is 0.224 e. The highest BCUT2D eigenvalue weighted by Gasteiger charge is 2.09. The zero-order chi connectivity index (χ0) is 15.7. The lowest BCUT2D eigenvalue weighted by Crippen LogP contribution is -1.98. The van der Waals surface area contributed by atoms with Crippen LogP contribution in [0, 0.1) is 26.2 Å². The third kappa shape index (κ3) is 2.74. The number of hydrogen-bond acceptors (Lipinski definition) is 3. The molecule has 0 atom stereocenters. The van der Waals surface area contributed by atoms with Gasteiger partial charge in [-0.2, -0.15) is 4.98 Å². The molecule has 0 saturated carbocycles. The van der Waals surface area contributed by atoms with Crippen LogP contribution in [0.15, 0.2) is 36.4 Å². The first-order valence-electron chi connectivity index (χ1n) is 6.85. The van der Waals surface area contributed by atoms with Crippen LogP contribution in [0.3, 0.4) is 0 Å². The normalized spacial score (nSPS) is 10.5. The van der Waals surface area contributed by atoms with Crippen molar-refractivity contribution >= 4 is 34.0 Å². The van der Waals surface area contributed by atoms with Gasteiger partial charge in [-0.25, -0.2) is 4.98 Å². The molecule has 0 spiro atoms. The first-order chi connectivity index (χ1) is 10.6. The average molecular weight is 308 g/mol. The SMILES string of the molecule is C#Cc1cccc(Nc2nc(Cl)nc3cc(C)c(C)cc23)c1. The molecule has 2 aromatic carbocycles. The third-order valence-corrected chi connectivity index (χ3v) is 3.74. The lowest BCUT2D eigenvalue weighted by molar-refractivity contribution is 1.21. The number of hydrogen-bond donors (Lipinski definition) is 1. The van der Waals surface area contributed by atoms with Gasteiger partial charge in [0.2, 0.25) is 5.28 Å². The fourth-order valence-electron chi connectivity index (χ4n) is 2.28. The highest BCUT2D eigenvalue weighted by molar-refractivity contribution is 6.28. The predicted molar refractivity (Wildman–Crippen MR) is 91.7 cm³/mol. The molecule has 0 aliphatic rings. The second-order valence-electron chi connectivity index (χ2n) is 5.15. The molecule has 108 valence electrons. The van der Waals surface area contributed by atoms with Crippen molar-refractivity contribution in [1.82, 2.24) is 9.97 Å². The van der Waals surface area contributed by atoms with Crippen LogP contribution in [-0.4, -0.2) is 9.97 Å². The van der Waals surface area contributed by atoms with Crippen molar-refractivity contribution in [2.24, 2.45) is 0 Å². The molecule has 0 aliphatic heterocycles. The monoisotopic (exact) mass is 307 g/mol. The molecule has 4 heteroatoms. The summed E-state index contributed by atoms with van der Waals surface area (Å²) in [4.78, 5) is 8.61. The molecule has 1 N–H and O–H groups in total. The summed E-state index contributed by atoms with van der Waals surface area (Å²) in [6.07, 6.45) is 5.44. The molecule has 1 heterocycles. The summed E-state index contributed by atoms with van der Waals surface area (Å²) in [5, 5.41) is 4.42. The molecule has 3 rings (SSSR count). The summed E-state index contributed by atoms with van der Waals surface area (Å²) in [5.41, 5.74) is 4.84. The number of benzene rings is 2. The Hall–Kier alpha value is -2.57. The topological polar surface area (TPSA) is 37.8 Å². The number of aryl methyl sites for hydroxylation is 2. The molecule has 0 amide bonds. The van der Waals surface area contributed by atoms with Crippen molar-refractivity contribution in [3.8, 4) is 12.3 Å². The van der Waals surface area contributed by atoms with Crippen molar-refractivity contribution in [3.05, 3.63) is 58.4 Å². The van der Waals surface area contributed by atoms with Crippen molar-refractivity contribution in [2.45, 2.75) is 13.8 Å². The van der Waals surface area contributed by atoms with Gasteiger partial charge in [0.15, 0.2) is 0 Å². The standard InChI is InChI=1S/C18H14ClN3/c1-4-13-6-5-7-14(10-13)20-17-15-8-11(2)12(3)9-16(15)21-18(19)22-17/h1,5-10H,2-3H3,(H,20,21,22). The Morgan fingerprint density at radius 2 is 1.86 bits per heavy atom. The summed E-state index contributed by atoms with van der Waals surface area (Å²) in [5.74, 6) is 3.29. The Balaban J connectivity index is 2.13. The number of nitrogens with one attached hydrogen (secondary N) is 1. The molecule has 0 radical (unpaired) electrons. The van der Waals surface area contributed by atoms with E-state index < -0.39 is 0 Å². The van der Waals surface area contributed by atoms with Gasteiger partial charge in [-0.15, -0.1) is 6.42 Å². The molecule has 0 saturated heterocycles. The average Bonchev–Trinajstić information content (AvgIpc) is 2.49. The van der Waals surface area contributed by atoms with Gasteiger partial charge in [0, 0.05) is 16.6 Å². The minimum atomic E-state index is 0.214. The molecule has 22 heavy (non-hydrogen) atoms. The number of nitrogens with zero attached hydrogens (tertiary/aromatic N) is 2. The molecule has 3 aromatic rings. The Kier molecular flexibility index (Phi) is 3.70. The van der Waals surface area contributed by atoms with E-state index in [1.165, 1.54) is 11.1 Å². The maximum atomic E-state index is 6.05. The smallest absolute Gasteiger partial charge is 0.224 e. The fourth-order valence-corrected chi connectivity index (χ4v) is 2.45. The molecule has 3 nitrogen and oxygen atoms in total. The Morgan fingerprint density at radius 3 is 2.64 bits per heavy atom. The van der Waals surface area contributed by atoms with Crippen LogP contribution >= 0.6 is 11.6 Å². The van der Waals surface area contributed by atoms with Crippen LogP contribution in [-0.2, 0) is 0 Å². The van der Waals surface area contributed by atoms with Crippen LogP contribution in [0.4, 0.5) is 11.5 Å². The van der Waals surface area contributed by atoms with Gasteiger partial charge in [0.1, 0.15) is 5.82 Å². The summed E-state index contributed by atoms with van der Waals surface area (Å²) in [7, 11) is 0. The van der Waals surface area contributed by atoms with Crippen molar-refractivity contribution < 1.29 is 0 Å². The molecule has 0 fully saturated rings. The number of aromatic nitrogens is 2. The van der Waals surface area contributed by atoms with E-state index in [4.69, 9.17) is 18.0 Å². The van der Waals surface area contributed by atoms with Gasteiger partial charge in [0.25, 0.3) is 0 Å². The first-order valence-corrected chi connectivity index (χ1v) is 7.23. The maximum absolute atomic E-state index is 6.05. The Morgan fingerprint density at radius 1 is 1.09 bits per heavy atom. The number of halogens is 1. The second kappa shape index (κ2) is 5.67. The van der Waals surface area contributed by atoms with E-state index in [0.717, 1.165) is 22.2 Å². The second-order valence-corrected chi connectivity index (χ2v) is 5.48. The van der Waals surface area contributed by atoms with Gasteiger partial charge in [0.05, 0.1) is 5.52 Å². The summed E-state index contributed by atoms with van der Waals surface area (Å²) in [6, 6.07) is 11.7. The summed E-state index contributed by atoms with van der Waals surface area (Å²) >= 11 is 6.05. The van der Waals surface area contributed by atoms with Gasteiger partial charge in [-0.1, -0.05) is 12.0 Å². The van der Waals surface area contributed by atoms with Gasteiger partial charge < -0.3 is 5.32 Å². The lowest BCUT2D eigenvalue weighted by atomic mass is 10.1. The number of fused-ring (bicyclic) bond motifs is 1. The highest BCUT2D eigenvalue weighted by atomic mass is 35.5. The fraction of sp³-hybridized carbons (Fsp3) is 0.111. The number of rotatable bonds is 2. The van der Waals surface area contributed by atoms with E-state index in [9.17, 15) is 0 Å². The van der Waals surface area contributed by atoms with Crippen molar-refractivity contribution in [1.29, 1.82) is 0 Å². The van der Waals surface area contributed by atoms with Gasteiger partial charge >= 0.3 is 0 Å². The summed E-state index contributed by atoms with van der Waals surface area (Å²) < 4.78 is 0. The van der Waals surface area contributed by atoms with E-state index in [0.29, 0.717) is 5.82 Å². The zero-order valence-corrected chi connectivity index (χ0v) is 13.1. The number of anilines is 2. The van der Waals surface area contributed by atoms with E-state index in [-0.39, 0.29) is 5.28 Å². The van der Waals surface area contributed by atoms with Crippen LogP contribution < -0.4 is 5.32 Å². The van der Waals surface area contributed by atoms with Crippen molar-refractivity contribution in [2.75, 3.05) is 5.32 Å². The lowest BCUT2D eigenvalue weighted by Gasteiger charge is -2.11. The van der Waals surface area contributed by atoms with Gasteiger partial charge in [-0.3, -0.25) is 0 Å². The Labute approximate surface area is 134 Å². The minimum Gasteiger partial charge on any atom is -0.340 e. The largest absolute Gasteiger partial charge is 0.340 e. The van der Waals surface area contributed by atoms with Crippen LogP contribution in [0.1, 0.15) is 16.7 Å². The zero-order valence-electron chi connectivity index (χ0n) is 12.3. The molecular weight excluding hydrogens is 294 g/mol. The van der Waals surface area contributed by atoms with Crippen molar-refractivity contribution in [3.63, 3.8) is 0 Å². The molecule has 0 bridgehead atoms. The van der Waals surface area contributed by atoms with Crippen LogP contribution in [0.2, 0.25) is 5.28 Å². The quantitative estimate of drug-likeness (QED) is 0.554. The first kappa shape index (κ1) is 14.4. The van der Waals surface area contributed by atoms with Crippen LogP contribution in [0.5, 0.6) is 0 Å². The number of terminal acetylenes is 1. The highest BCUT2D eigenvalue weighted by Crippen LogP contribution is 2.27. The third-order valence-electron chi connectivity index (χ3n) is 3.58. The van der Waals surface area contributed by atoms with E-state index >= 15 is 0 Å². The molecular formula is C18H14ClN3. The Bertz CT molecular complexity index is 910. The molecule has 0 unspecified atom stereocenters. The predicted octanol–water partition coefficient (Wildman–Crippen LogP) is 4.62. The molecule has 1 aromatic heterocycles. The van der Waals surface area contributed by atoms with E-state index in [2.05, 4.69) is 34.2 Å². The minimum absolute atomic E-state index is 0.214. The van der Waals surface area contributed by atoms with Gasteiger partial charge in [-0.05, 0) is 66.9 Å². The van der Waals surface area contributed by atoms with E-state index in [1.807, 2.05) is 37.3 Å².